The van der Waals surface area contributed by atoms with Crippen molar-refractivity contribution in [3.05, 3.63) is 36.5 Å². The molecule has 0 aliphatic rings. The average Bonchev–Trinajstić information content (AvgIpc) is 3.10. The molecular formula is C16H15F4N5O2. The van der Waals surface area contributed by atoms with E-state index in [0.717, 1.165) is 11.5 Å². The summed E-state index contributed by atoms with van der Waals surface area (Å²) >= 11 is 0. The Hall–Kier alpha value is -2.82. The van der Waals surface area contributed by atoms with Gasteiger partial charge < -0.3 is 9.47 Å². The van der Waals surface area contributed by atoms with Gasteiger partial charge in [0.2, 0.25) is 11.7 Å². The molecule has 3 aromatic rings. The van der Waals surface area contributed by atoms with Gasteiger partial charge in [-0.2, -0.15) is 8.78 Å². The highest BCUT2D eigenvalue weighted by atomic mass is 19.3. The molecule has 1 atom stereocenters. The van der Waals surface area contributed by atoms with E-state index in [1.165, 1.54) is 30.7 Å². The van der Waals surface area contributed by atoms with E-state index in [2.05, 4.69) is 24.9 Å². The summed E-state index contributed by atoms with van der Waals surface area (Å²) in [5, 5.41) is 7.06. The Labute approximate surface area is 151 Å². The molecule has 0 saturated carbocycles. The molecule has 144 valence electrons. The largest absolute Gasteiger partial charge is 0.468 e. The molecule has 7 nitrogen and oxygen atoms in total. The molecule has 0 amide bonds. The molecule has 0 fully saturated rings. The molecule has 0 saturated heterocycles. The number of aromatic nitrogens is 5. The molecule has 0 unspecified atom stereocenters. The number of nitrogens with zero attached hydrogens (tertiary/aromatic N) is 5. The maximum absolute atomic E-state index is 13.8. The van der Waals surface area contributed by atoms with Gasteiger partial charge in [-0.25, -0.2) is 13.8 Å². The first-order valence-corrected chi connectivity index (χ1v) is 7.91. The number of halogens is 4. The SMILES string of the molecule is CC[C@@H](Oc1ccc(-c2cn3c(C(F)(F)OC)nnc3cn2)cn1)C(F)F. The lowest BCUT2D eigenvalue weighted by molar-refractivity contribution is -0.237. The lowest BCUT2D eigenvalue weighted by Crippen LogP contribution is -2.24. The Morgan fingerprint density at radius 1 is 1.15 bits per heavy atom. The van der Waals surface area contributed by atoms with Crippen LogP contribution >= 0.6 is 0 Å². The van der Waals surface area contributed by atoms with Gasteiger partial charge in [0.05, 0.1) is 11.9 Å². The van der Waals surface area contributed by atoms with E-state index in [1.54, 1.807) is 6.92 Å². The third kappa shape index (κ3) is 3.82. The highest BCUT2D eigenvalue weighted by molar-refractivity contribution is 5.59. The van der Waals surface area contributed by atoms with Gasteiger partial charge in [-0.15, -0.1) is 10.2 Å². The van der Waals surface area contributed by atoms with Crippen LogP contribution in [0.5, 0.6) is 5.88 Å². The number of alkyl halides is 4. The van der Waals surface area contributed by atoms with Crippen LogP contribution in [-0.4, -0.2) is 44.2 Å². The number of rotatable bonds is 7. The fraction of sp³-hybridized carbons (Fsp3) is 0.375. The van der Waals surface area contributed by atoms with Crippen molar-refractivity contribution in [2.75, 3.05) is 7.11 Å². The number of pyridine rings is 1. The van der Waals surface area contributed by atoms with Crippen molar-refractivity contribution in [2.45, 2.75) is 32.0 Å². The summed E-state index contributed by atoms with van der Waals surface area (Å²) in [6.45, 7) is 1.58. The number of fused-ring (bicyclic) bond motifs is 1. The predicted molar refractivity (Wildman–Crippen MR) is 85.6 cm³/mol. The van der Waals surface area contributed by atoms with Gasteiger partial charge in [0.15, 0.2) is 11.8 Å². The molecule has 3 rings (SSSR count). The average molecular weight is 385 g/mol. The van der Waals surface area contributed by atoms with Crippen LogP contribution < -0.4 is 4.74 Å². The molecule has 3 aromatic heterocycles. The Balaban J connectivity index is 1.90. The van der Waals surface area contributed by atoms with Gasteiger partial charge in [0.1, 0.15) is 0 Å². The highest BCUT2D eigenvalue weighted by Gasteiger charge is 2.37. The Morgan fingerprint density at radius 3 is 2.52 bits per heavy atom. The smallest absolute Gasteiger partial charge is 0.417 e. The van der Waals surface area contributed by atoms with Crippen molar-refractivity contribution in [3.63, 3.8) is 0 Å². The minimum absolute atomic E-state index is 0.0304. The van der Waals surface area contributed by atoms with E-state index in [1.807, 2.05) is 0 Å². The maximum atomic E-state index is 13.8. The standard InChI is InChI=1S/C16H15F4N5O2/c1-3-11(14(17)18)27-13-5-4-9(6-22-13)10-8-25-12(7-21-10)23-24-15(25)16(19,20)26-2/h4-8,11,14H,3H2,1-2H3/t11-/m1/s1. The molecule has 0 spiro atoms. The van der Waals surface area contributed by atoms with Crippen molar-refractivity contribution in [3.8, 4) is 17.1 Å². The summed E-state index contributed by atoms with van der Waals surface area (Å²) in [6, 6.07) is 2.94. The van der Waals surface area contributed by atoms with Gasteiger partial charge >= 0.3 is 6.11 Å². The monoisotopic (exact) mass is 385 g/mol. The van der Waals surface area contributed by atoms with Crippen LogP contribution in [0, 0.1) is 0 Å². The van der Waals surface area contributed by atoms with Gasteiger partial charge in [-0.1, -0.05) is 6.92 Å². The normalized spacial score (nSPS) is 13.3. The molecule has 0 aliphatic heterocycles. The van der Waals surface area contributed by atoms with E-state index in [0.29, 0.717) is 11.3 Å². The molecule has 27 heavy (non-hydrogen) atoms. The third-order valence-corrected chi connectivity index (χ3v) is 3.80. The first-order chi connectivity index (χ1) is 12.9. The molecule has 0 aliphatic carbocycles. The minimum Gasteiger partial charge on any atom is -0.468 e. The van der Waals surface area contributed by atoms with Crippen LogP contribution in [0.3, 0.4) is 0 Å². The van der Waals surface area contributed by atoms with Crippen LogP contribution in [0.25, 0.3) is 16.9 Å². The minimum atomic E-state index is -3.63. The first-order valence-electron chi connectivity index (χ1n) is 7.91. The molecular weight excluding hydrogens is 370 g/mol. The van der Waals surface area contributed by atoms with Crippen molar-refractivity contribution < 1.29 is 27.0 Å². The maximum Gasteiger partial charge on any atom is 0.417 e. The lowest BCUT2D eigenvalue weighted by Gasteiger charge is -2.15. The zero-order valence-corrected chi connectivity index (χ0v) is 14.3. The number of ether oxygens (including phenoxy) is 2. The number of hydrogen-bond acceptors (Lipinski definition) is 6. The molecule has 0 radical (unpaired) electrons. The van der Waals surface area contributed by atoms with E-state index < -0.39 is 24.5 Å². The molecule has 3 heterocycles. The predicted octanol–water partition coefficient (Wildman–Crippen LogP) is 3.30. The Bertz CT molecular complexity index is 917. The van der Waals surface area contributed by atoms with Crippen LogP contribution in [0.4, 0.5) is 17.6 Å². The summed E-state index contributed by atoms with van der Waals surface area (Å²) in [5.41, 5.74) is 0.881. The van der Waals surface area contributed by atoms with Crippen molar-refractivity contribution in [2.24, 2.45) is 0 Å². The van der Waals surface area contributed by atoms with Crippen molar-refractivity contribution >= 4 is 5.65 Å². The summed E-state index contributed by atoms with van der Waals surface area (Å²) in [7, 11) is 0.856. The second kappa shape index (κ2) is 7.43. The second-order valence-electron chi connectivity index (χ2n) is 5.53. The lowest BCUT2D eigenvalue weighted by atomic mass is 10.2. The number of hydrogen-bond donors (Lipinski definition) is 0. The molecule has 11 heteroatoms. The zero-order chi connectivity index (χ0) is 19.6. The van der Waals surface area contributed by atoms with Crippen LogP contribution in [0.2, 0.25) is 0 Å². The number of methoxy groups -OCH3 is 1. The van der Waals surface area contributed by atoms with Gasteiger partial charge in [0, 0.05) is 31.1 Å². The van der Waals surface area contributed by atoms with E-state index in [9.17, 15) is 17.6 Å². The summed E-state index contributed by atoms with van der Waals surface area (Å²) in [4.78, 5) is 8.09. The van der Waals surface area contributed by atoms with Crippen LogP contribution in [-0.2, 0) is 10.8 Å². The van der Waals surface area contributed by atoms with Gasteiger partial charge in [-0.05, 0) is 12.5 Å². The fourth-order valence-corrected chi connectivity index (χ4v) is 2.31. The van der Waals surface area contributed by atoms with E-state index in [-0.39, 0.29) is 17.9 Å². The van der Waals surface area contributed by atoms with Gasteiger partial charge in [-0.3, -0.25) is 9.38 Å². The first kappa shape index (κ1) is 19.0. The summed E-state index contributed by atoms with van der Waals surface area (Å²) in [6.07, 6.45) is -3.46. The van der Waals surface area contributed by atoms with Crippen LogP contribution in [0.1, 0.15) is 19.2 Å². The summed E-state index contributed by atoms with van der Waals surface area (Å²) in [5.74, 6) is -0.665. The molecule has 0 bridgehead atoms. The third-order valence-electron chi connectivity index (χ3n) is 3.80. The van der Waals surface area contributed by atoms with Crippen LogP contribution in [0.15, 0.2) is 30.7 Å². The zero-order valence-electron chi connectivity index (χ0n) is 14.3. The molecule has 0 N–H and O–H groups in total. The van der Waals surface area contributed by atoms with Gasteiger partial charge in [0.25, 0.3) is 6.43 Å². The van der Waals surface area contributed by atoms with Crippen molar-refractivity contribution in [1.82, 2.24) is 24.6 Å². The topological polar surface area (TPSA) is 74.4 Å². The van der Waals surface area contributed by atoms with E-state index in [4.69, 9.17) is 4.74 Å². The quantitative estimate of drug-likeness (QED) is 0.581. The Kier molecular flexibility index (Phi) is 5.22. The second-order valence-corrected chi connectivity index (χ2v) is 5.53. The fourth-order valence-electron chi connectivity index (χ4n) is 2.31. The summed E-state index contributed by atoms with van der Waals surface area (Å²) < 4.78 is 63.5. The molecule has 0 aromatic carbocycles. The highest BCUT2D eigenvalue weighted by Crippen LogP contribution is 2.28. The van der Waals surface area contributed by atoms with E-state index >= 15 is 0 Å². The Morgan fingerprint density at radius 2 is 1.93 bits per heavy atom. The van der Waals surface area contributed by atoms with Crippen molar-refractivity contribution in [1.29, 1.82) is 0 Å².